The summed E-state index contributed by atoms with van der Waals surface area (Å²) >= 11 is 3.13. The lowest BCUT2D eigenvalue weighted by molar-refractivity contribution is 0.547. The van der Waals surface area contributed by atoms with Gasteiger partial charge in [0.25, 0.3) is 0 Å². The molecule has 0 aliphatic heterocycles. The van der Waals surface area contributed by atoms with Crippen molar-refractivity contribution in [3.05, 3.63) is 145 Å². The summed E-state index contributed by atoms with van der Waals surface area (Å²) in [6, 6.07) is 50.7. The van der Waals surface area contributed by atoms with Crippen LogP contribution in [-0.2, 0) is 5.41 Å². The number of hydrogen-bond acceptors (Lipinski definition) is 3. The van der Waals surface area contributed by atoms with Crippen molar-refractivity contribution in [3.63, 3.8) is 0 Å². The van der Waals surface area contributed by atoms with Gasteiger partial charge < -0.3 is 0 Å². The maximum atomic E-state index is 5.17. The third-order valence-corrected chi connectivity index (χ3v) is 11.8. The fourth-order valence-electron chi connectivity index (χ4n) is 6.78. The Kier molecular flexibility index (Phi) is 6.79. The maximum Gasteiger partial charge on any atom is 0.187 e. The highest BCUT2D eigenvalue weighted by Gasteiger charge is 2.22. The average Bonchev–Trinajstić information content (AvgIpc) is 3.70. The van der Waals surface area contributed by atoms with Crippen LogP contribution in [0.3, 0.4) is 0 Å². The molecule has 4 heteroatoms. The number of thiophene rings is 2. The van der Waals surface area contributed by atoms with E-state index in [1.165, 1.54) is 73.9 Å². The van der Waals surface area contributed by atoms with E-state index in [9.17, 15) is 0 Å². The zero-order valence-corrected chi connectivity index (χ0v) is 28.7. The van der Waals surface area contributed by atoms with Crippen LogP contribution in [0.2, 0.25) is 0 Å². The van der Waals surface area contributed by atoms with Crippen LogP contribution in [0.1, 0.15) is 26.6 Å². The molecule has 0 aliphatic carbocycles. The van der Waals surface area contributed by atoms with E-state index >= 15 is 0 Å². The third-order valence-electron chi connectivity index (χ3n) is 9.20. The summed E-state index contributed by atoms with van der Waals surface area (Å²) in [6.07, 6.45) is 0. The molecule has 2 nitrogen and oxygen atoms in total. The molecule has 230 valence electrons. The third kappa shape index (κ3) is 4.92. The van der Waals surface area contributed by atoms with Gasteiger partial charge in [0.15, 0.2) is 9.40 Å². The Morgan fingerprint density at radius 2 is 1.06 bits per heavy atom. The normalized spacial score (nSPS) is 12.1. The quantitative estimate of drug-likeness (QED) is 0.177. The van der Waals surface area contributed by atoms with Crippen molar-refractivity contribution < 1.29 is 0 Å². The number of benzene rings is 6. The van der Waals surface area contributed by atoms with Crippen LogP contribution in [-0.4, -0.2) is 9.97 Å². The largest absolute Gasteiger partial charge is 0.232 e. The second kappa shape index (κ2) is 11.2. The van der Waals surface area contributed by atoms with E-state index in [1.54, 1.807) is 0 Å². The lowest BCUT2D eigenvalue weighted by atomic mass is 9.94. The molecule has 0 fully saturated rings. The van der Waals surface area contributed by atoms with Gasteiger partial charge in [-0.3, -0.25) is 0 Å². The molecule has 9 rings (SSSR count). The Morgan fingerprint density at radius 3 is 1.79 bits per heavy atom. The molecule has 0 amide bonds. The van der Waals surface area contributed by atoms with Gasteiger partial charge in [0.2, 0.25) is 0 Å². The van der Waals surface area contributed by atoms with Gasteiger partial charge in [-0.15, -0.1) is 11.3 Å². The van der Waals surface area contributed by atoms with Crippen molar-refractivity contribution >= 4 is 63.0 Å². The summed E-state index contributed by atoms with van der Waals surface area (Å²) in [6.45, 7) is 6.57. The first kappa shape index (κ1) is 29.0. The standard InChI is InChI=1S/C44H32N2S2/c1-44(2,3)43-45-37(29-14-8-12-27(24-29)31-18-10-20-35-33-16-4-6-22-39(33)47-41(31)35)26-38(46-43)30-15-9-13-28(25-30)32-19-11-21-36-34-17-5-7-23-40(34)48-42(32)36/h4-26H,1-3H3/p+1. The first-order valence-electron chi connectivity index (χ1n) is 16.4. The highest BCUT2D eigenvalue weighted by atomic mass is 32.1. The zero-order chi connectivity index (χ0) is 32.4. The molecule has 9 aromatic rings. The van der Waals surface area contributed by atoms with Crippen molar-refractivity contribution in [1.82, 2.24) is 9.97 Å². The maximum absolute atomic E-state index is 5.17. The molecule has 0 N–H and O–H groups in total. The molecule has 3 heterocycles. The van der Waals surface area contributed by atoms with Crippen LogP contribution in [0.4, 0.5) is 0 Å². The molecule has 0 bridgehead atoms. The molecule has 0 unspecified atom stereocenters. The van der Waals surface area contributed by atoms with Crippen molar-refractivity contribution in [3.8, 4) is 44.8 Å². The Labute approximate surface area is 288 Å². The average molecular weight is 654 g/mol. The highest BCUT2D eigenvalue weighted by Crippen LogP contribution is 2.42. The minimum atomic E-state index is -0.215. The van der Waals surface area contributed by atoms with E-state index in [4.69, 9.17) is 9.97 Å². The van der Waals surface area contributed by atoms with E-state index < -0.39 is 0 Å². The fourth-order valence-corrected chi connectivity index (χ4v) is 9.37. The molecule has 0 saturated carbocycles. The molecule has 3 aromatic heterocycles. The monoisotopic (exact) mass is 653 g/mol. The topological polar surface area (TPSA) is 25.8 Å². The second-order valence-corrected chi connectivity index (χ2v) is 15.7. The second-order valence-electron chi connectivity index (χ2n) is 13.5. The summed E-state index contributed by atoms with van der Waals surface area (Å²) in [5.41, 5.74) is 8.79. The smallest absolute Gasteiger partial charge is 0.187 e. The van der Waals surface area contributed by atoms with Crippen LogP contribution >= 0.6 is 22.7 Å². The van der Waals surface area contributed by atoms with Gasteiger partial charge in [0.05, 0.1) is 11.4 Å². The van der Waals surface area contributed by atoms with Gasteiger partial charge in [-0.05, 0) is 76.6 Å². The van der Waals surface area contributed by atoms with Crippen molar-refractivity contribution in [2.24, 2.45) is 0 Å². The molecular weight excluding hydrogens is 621 g/mol. The van der Waals surface area contributed by atoms with Crippen LogP contribution in [0.25, 0.3) is 85.1 Å². The lowest BCUT2D eigenvalue weighted by Crippen LogP contribution is -2.17. The van der Waals surface area contributed by atoms with Crippen LogP contribution < -0.4 is 0 Å². The highest BCUT2D eigenvalue weighted by molar-refractivity contribution is 7.26. The van der Waals surface area contributed by atoms with Crippen molar-refractivity contribution in [1.29, 1.82) is 0 Å². The number of hydrogen-bond donors (Lipinski definition) is 0. The molecule has 48 heavy (non-hydrogen) atoms. The summed E-state index contributed by atoms with van der Waals surface area (Å²) in [7, 11) is 0. The minimum Gasteiger partial charge on any atom is -0.232 e. The van der Waals surface area contributed by atoms with E-state index in [0.717, 1.165) is 28.3 Å². The van der Waals surface area contributed by atoms with Crippen molar-refractivity contribution in [2.75, 3.05) is 0 Å². The Hall–Kier alpha value is -5.16. The van der Waals surface area contributed by atoms with E-state index in [1.807, 2.05) is 11.3 Å². The Balaban J connectivity index is 1.17. The SMILES string of the molecule is CC(C)(C)c1nc(-c2cccc(-c3cccc4c3sc3ccccc34)c2)cc(-c2cccc(-c3cccc4c3[sH+]c3ccccc34)c2)n1. The Morgan fingerprint density at radius 1 is 0.500 bits per heavy atom. The summed E-state index contributed by atoms with van der Waals surface area (Å²) < 4.78 is 5.39. The number of nitrogens with zero attached hydrogens (tertiary/aromatic N) is 2. The summed E-state index contributed by atoms with van der Waals surface area (Å²) in [4.78, 5) is 10.3. The van der Waals surface area contributed by atoms with Crippen LogP contribution in [0.15, 0.2) is 140 Å². The predicted molar refractivity (Wildman–Crippen MR) is 210 cm³/mol. The minimum absolute atomic E-state index is 0.215. The lowest BCUT2D eigenvalue weighted by Gasteiger charge is -2.19. The first-order chi connectivity index (χ1) is 23.4. The first-order valence-corrected chi connectivity index (χ1v) is 18.1. The van der Waals surface area contributed by atoms with E-state index in [2.05, 4.69) is 160 Å². The van der Waals surface area contributed by atoms with Crippen LogP contribution in [0, 0.1) is 0 Å². The molecule has 0 spiro atoms. The van der Waals surface area contributed by atoms with Crippen LogP contribution in [0.5, 0.6) is 0 Å². The van der Waals surface area contributed by atoms with Gasteiger partial charge in [-0.25, -0.2) is 9.97 Å². The van der Waals surface area contributed by atoms with Gasteiger partial charge in [-0.2, -0.15) is 0 Å². The Bertz CT molecular complexity index is 2500. The van der Waals surface area contributed by atoms with E-state index in [0.29, 0.717) is 0 Å². The number of aromatic nitrogens is 2. The summed E-state index contributed by atoms with van der Waals surface area (Å²) in [5, 5.41) is 5.30. The predicted octanol–water partition coefficient (Wildman–Crippen LogP) is 12.9. The molecule has 0 radical (unpaired) electrons. The molecule has 0 saturated heterocycles. The van der Waals surface area contributed by atoms with Gasteiger partial charge in [0, 0.05) is 53.1 Å². The molecule has 0 aliphatic rings. The summed E-state index contributed by atoms with van der Waals surface area (Å²) in [5.74, 6) is 0.840. The van der Waals surface area contributed by atoms with Gasteiger partial charge in [0.1, 0.15) is 5.82 Å². The molecule has 6 aromatic carbocycles. The van der Waals surface area contributed by atoms with Gasteiger partial charge in [-0.1, -0.05) is 112 Å². The van der Waals surface area contributed by atoms with E-state index in [-0.39, 0.29) is 5.41 Å². The zero-order valence-electron chi connectivity index (χ0n) is 27.0. The van der Waals surface area contributed by atoms with Gasteiger partial charge >= 0.3 is 0 Å². The van der Waals surface area contributed by atoms with Crippen molar-refractivity contribution in [2.45, 2.75) is 26.2 Å². The fraction of sp³-hybridized carbons (Fsp3) is 0.0909. The number of fused-ring (bicyclic) bond motifs is 6. The molecular formula is C44H33N2S2+. The molecule has 0 atom stereocenters. The number of rotatable bonds is 4.